The van der Waals surface area contributed by atoms with E-state index in [9.17, 15) is 4.39 Å². The van der Waals surface area contributed by atoms with Gasteiger partial charge in [0.25, 0.3) is 0 Å². The van der Waals surface area contributed by atoms with Crippen LogP contribution in [0.5, 0.6) is 0 Å². The third-order valence-electron chi connectivity index (χ3n) is 3.25. The number of aromatic nitrogens is 1. The highest BCUT2D eigenvalue weighted by molar-refractivity contribution is 5.78. The highest BCUT2D eigenvalue weighted by Crippen LogP contribution is 2.27. The van der Waals surface area contributed by atoms with Crippen molar-refractivity contribution in [1.82, 2.24) is 10.4 Å². The molecule has 1 unspecified atom stereocenters. The van der Waals surface area contributed by atoms with E-state index in [1.54, 1.807) is 18.5 Å². The van der Waals surface area contributed by atoms with Gasteiger partial charge in [-0.2, -0.15) is 0 Å². The predicted molar refractivity (Wildman–Crippen MR) is 74.2 cm³/mol. The first-order valence-electron chi connectivity index (χ1n) is 6.31. The highest BCUT2D eigenvalue weighted by atomic mass is 19.1. The van der Waals surface area contributed by atoms with E-state index in [0.717, 1.165) is 10.9 Å². The van der Waals surface area contributed by atoms with Gasteiger partial charge in [-0.25, -0.2) is 9.82 Å². The summed E-state index contributed by atoms with van der Waals surface area (Å²) in [6, 6.07) is 10.3. The van der Waals surface area contributed by atoms with Crippen LogP contribution in [0.3, 0.4) is 0 Å². The van der Waals surface area contributed by atoms with Crippen molar-refractivity contribution in [3.05, 3.63) is 65.9 Å². The molecule has 102 valence electrons. The van der Waals surface area contributed by atoms with Crippen molar-refractivity contribution in [2.75, 3.05) is 0 Å². The number of hydrazine groups is 1. The minimum atomic E-state index is -0.367. The molecule has 4 nitrogen and oxygen atoms in total. The molecular weight excluding hydrogens is 257 g/mol. The zero-order valence-corrected chi connectivity index (χ0v) is 10.7. The van der Waals surface area contributed by atoms with Crippen LogP contribution in [0.1, 0.15) is 17.4 Å². The zero-order valence-electron chi connectivity index (χ0n) is 10.7. The summed E-state index contributed by atoms with van der Waals surface area (Å²) < 4.78 is 19.2. The molecule has 0 amide bonds. The monoisotopic (exact) mass is 271 g/mol. The van der Waals surface area contributed by atoms with E-state index < -0.39 is 0 Å². The topological polar surface area (TPSA) is 64.1 Å². The van der Waals surface area contributed by atoms with E-state index in [0.29, 0.717) is 12.2 Å². The van der Waals surface area contributed by atoms with Crippen LogP contribution in [0.4, 0.5) is 4.39 Å². The fraction of sp³-hybridized carbons (Fsp3) is 0.133. The smallest absolute Gasteiger partial charge is 0.169 e. The number of hydrogen-bond acceptors (Lipinski definition) is 4. The Kier molecular flexibility index (Phi) is 3.45. The third-order valence-corrected chi connectivity index (χ3v) is 3.25. The van der Waals surface area contributed by atoms with Crippen molar-refractivity contribution < 1.29 is 8.81 Å². The normalized spacial score (nSPS) is 12.7. The molecule has 3 aromatic rings. The van der Waals surface area contributed by atoms with Gasteiger partial charge in [-0.3, -0.25) is 10.8 Å². The number of nitrogens with one attached hydrogen (secondary N) is 1. The molecule has 0 aliphatic rings. The molecule has 0 saturated carbocycles. The second kappa shape index (κ2) is 5.40. The number of benzene rings is 1. The Morgan fingerprint density at radius 1 is 1.25 bits per heavy atom. The minimum Gasteiger partial charge on any atom is -0.456 e. The van der Waals surface area contributed by atoms with Gasteiger partial charge in [0.05, 0.1) is 6.04 Å². The van der Waals surface area contributed by atoms with Crippen LogP contribution in [0.25, 0.3) is 11.0 Å². The lowest BCUT2D eigenvalue weighted by molar-refractivity contribution is 0.427. The van der Waals surface area contributed by atoms with Crippen molar-refractivity contribution in [3.63, 3.8) is 0 Å². The standard InChI is InChI=1S/C15H14FN3O/c16-12-3-1-2-11-9-14(20-15(11)12)13(19-17)8-10-4-6-18-7-5-10/h1-7,9,13,19H,8,17H2. The van der Waals surface area contributed by atoms with Crippen LogP contribution in [0, 0.1) is 5.82 Å². The lowest BCUT2D eigenvalue weighted by Gasteiger charge is -2.12. The second-order valence-electron chi connectivity index (χ2n) is 4.59. The largest absolute Gasteiger partial charge is 0.456 e. The van der Waals surface area contributed by atoms with Crippen molar-refractivity contribution in [2.45, 2.75) is 12.5 Å². The minimum absolute atomic E-state index is 0.218. The average molecular weight is 271 g/mol. The number of nitrogens with two attached hydrogens (primary N) is 1. The summed E-state index contributed by atoms with van der Waals surface area (Å²) in [4.78, 5) is 3.97. The van der Waals surface area contributed by atoms with E-state index in [1.165, 1.54) is 6.07 Å². The molecule has 20 heavy (non-hydrogen) atoms. The Hall–Kier alpha value is -2.24. The van der Waals surface area contributed by atoms with Gasteiger partial charge >= 0.3 is 0 Å². The van der Waals surface area contributed by atoms with Gasteiger partial charge in [-0.15, -0.1) is 0 Å². The molecule has 0 bridgehead atoms. The quantitative estimate of drug-likeness (QED) is 0.565. The van der Waals surface area contributed by atoms with Crippen molar-refractivity contribution in [3.8, 4) is 0 Å². The third kappa shape index (κ3) is 2.41. The van der Waals surface area contributed by atoms with Gasteiger partial charge in [-0.1, -0.05) is 12.1 Å². The molecule has 0 spiro atoms. The van der Waals surface area contributed by atoms with E-state index in [1.807, 2.05) is 24.3 Å². The number of furan rings is 1. The molecule has 0 aliphatic heterocycles. The Labute approximate surface area is 115 Å². The van der Waals surface area contributed by atoms with Crippen LogP contribution >= 0.6 is 0 Å². The second-order valence-corrected chi connectivity index (χ2v) is 4.59. The van der Waals surface area contributed by atoms with Crippen LogP contribution in [-0.2, 0) is 6.42 Å². The Balaban J connectivity index is 1.93. The van der Waals surface area contributed by atoms with Gasteiger partial charge < -0.3 is 4.42 Å². The first-order chi connectivity index (χ1) is 9.78. The van der Waals surface area contributed by atoms with E-state index >= 15 is 0 Å². The maximum Gasteiger partial charge on any atom is 0.169 e. The van der Waals surface area contributed by atoms with Crippen molar-refractivity contribution in [2.24, 2.45) is 5.84 Å². The first kappa shape index (κ1) is 12.8. The summed E-state index contributed by atoms with van der Waals surface area (Å²) in [6.45, 7) is 0. The molecule has 3 N–H and O–H groups in total. The van der Waals surface area contributed by atoms with Gasteiger partial charge in [0.1, 0.15) is 5.76 Å². The fourth-order valence-corrected chi connectivity index (χ4v) is 2.22. The van der Waals surface area contributed by atoms with Crippen LogP contribution < -0.4 is 11.3 Å². The number of hydrogen-bond donors (Lipinski definition) is 2. The number of rotatable bonds is 4. The molecule has 5 heteroatoms. The number of nitrogens with zero attached hydrogens (tertiary/aromatic N) is 1. The van der Waals surface area contributed by atoms with Crippen LogP contribution in [0.2, 0.25) is 0 Å². The molecule has 1 aromatic carbocycles. The van der Waals surface area contributed by atoms with Crippen molar-refractivity contribution >= 4 is 11.0 Å². The number of halogens is 1. The lowest BCUT2D eigenvalue weighted by atomic mass is 10.1. The molecule has 1 atom stereocenters. The van der Waals surface area contributed by atoms with E-state index in [-0.39, 0.29) is 17.4 Å². The molecule has 0 aliphatic carbocycles. The summed E-state index contributed by atoms with van der Waals surface area (Å²) in [7, 11) is 0. The fourth-order valence-electron chi connectivity index (χ4n) is 2.22. The average Bonchev–Trinajstić information content (AvgIpc) is 2.91. The molecule has 0 radical (unpaired) electrons. The summed E-state index contributed by atoms with van der Waals surface area (Å²) in [5.41, 5.74) is 4.05. The molecule has 3 rings (SSSR count). The molecular formula is C15H14FN3O. The Morgan fingerprint density at radius 3 is 2.75 bits per heavy atom. The molecule has 0 saturated heterocycles. The number of pyridine rings is 1. The van der Waals surface area contributed by atoms with E-state index in [2.05, 4.69) is 10.4 Å². The Bertz CT molecular complexity index is 711. The van der Waals surface area contributed by atoms with Gasteiger partial charge in [-0.05, 0) is 36.2 Å². The van der Waals surface area contributed by atoms with Crippen molar-refractivity contribution in [1.29, 1.82) is 0 Å². The molecule has 2 heterocycles. The number of para-hydroxylation sites is 1. The summed E-state index contributed by atoms with van der Waals surface area (Å²) in [5, 5.41) is 0.731. The maximum atomic E-state index is 13.6. The summed E-state index contributed by atoms with van der Waals surface area (Å²) in [5.74, 6) is 5.84. The van der Waals surface area contributed by atoms with Gasteiger partial charge in [0, 0.05) is 17.8 Å². The number of fused-ring (bicyclic) bond motifs is 1. The summed E-state index contributed by atoms with van der Waals surface area (Å²) in [6.07, 6.45) is 4.09. The van der Waals surface area contributed by atoms with Crippen LogP contribution in [0.15, 0.2) is 53.2 Å². The van der Waals surface area contributed by atoms with Gasteiger partial charge in [0.2, 0.25) is 0 Å². The zero-order chi connectivity index (χ0) is 13.9. The predicted octanol–water partition coefficient (Wildman–Crippen LogP) is 2.71. The van der Waals surface area contributed by atoms with Gasteiger partial charge in [0.15, 0.2) is 11.4 Å². The summed E-state index contributed by atoms with van der Waals surface area (Å²) >= 11 is 0. The molecule has 0 fully saturated rings. The molecule has 2 aromatic heterocycles. The Morgan fingerprint density at radius 2 is 2.05 bits per heavy atom. The lowest BCUT2D eigenvalue weighted by Crippen LogP contribution is -2.29. The maximum absolute atomic E-state index is 13.6. The SMILES string of the molecule is NNC(Cc1ccncc1)c1cc2cccc(F)c2o1. The van der Waals surface area contributed by atoms with Crippen LogP contribution in [-0.4, -0.2) is 4.98 Å². The van der Waals surface area contributed by atoms with E-state index in [4.69, 9.17) is 10.3 Å². The first-order valence-corrected chi connectivity index (χ1v) is 6.31. The highest BCUT2D eigenvalue weighted by Gasteiger charge is 2.17.